The molecule has 3 nitrogen and oxygen atoms in total. The SMILES string of the molecule is NS(=O)(=O)c1cccc2c1C=CC=CC2. The van der Waals surface area contributed by atoms with E-state index in [1.165, 1.54) is 6.07 Å². The highest BCUT2D eigenvalue weighted by Crippen LogP contribution is 2.22. The number of fused-ring (bicyclic) bond motifs is 1. The smallest absolute Gasteiger partial charge is 0.225 e. The van der Waals surface area contributed by atoms with Gasteiger partial charge in [0.25, 0.3) is 0 Å². The van der Waals surface area contributed by atoms with Crippen molar-refractivity contribution >= 4 is 16.1 Å². The van der Waals surface area contributed by atoms with Gasteiger partial charge in [-0.15, -0.1) is 0 Å². The van der Waals surface area contributed by atoms with Crippen LogP contribution in [0.15, 0.2) is 41.3 Å². The van der Waals surface area contributed by atoms with Crippen LogP contribution in [0.25, 0.3) is 6.08 Å². The lowest BCUT2D eigenvalue weighted by Crippen LogP contribution is -2.14. The molecule has 0 aliphatic heterocycles. The number of nitrogens with two attached hydrogens (primary N) is 1. The van der Waals surface area contributed by atoms with Crippen LogP contribution in [0.3, 0.4) is 0 Å². The van der Waals surface area contributed by atoms with Crippen LogP contribution in [0.2, 0.25) is 0 Å². The first kappa shape index (κ1) is 10.1. The van der Waals surface area contributed by atoms with E-state index < -0.39 is 10.0 Å². The van der Waals surface area contributed by atoms with Gasteiger partial charge in [-0.25, -0.2) is 13.6 Å². The Bertz CT molecular complexity index is 542. The van der Waals surface area contributed by atoms with Crippen molar-refractivity contribution in [2.75, 3.05) is 0 Å². The molecule has 0 atom stereocenters. The summed E-state index contributed by atoms with van der Waals surface area (Å²) in [4.78, 5) is 0.194. The molecule has 15 heavy (non-hydrogen) atoms. The lowest BCUT2D eigenvalue weighted by atomic mass is 10.1. The standard InChI is InChI=1S/C11H11NO2S/c12-15(13,14)11-8-4-6-9-5-2-1-3-7-10(9)11/h1-4,6-8H,5H2,(H2,12,13,14). The second-order valence-corrected chi connectivity index (χ2v) is 4.90. The summed E-state index contributed by atoms with van der Waals surface area (Å²) in [6, 6.07) is 5.15. The van der Waals surface area contributed by atoms with Crippen molar-refractivity contribution in [3.63, 3.8) is 0 Å². The molecule has 0 spiro atoms. The van der Waals surface area contributed by atoms with Crippen molar-refractivity contribution in [1.29, 1.82) is 0 Å². The maximum atomic E-state index is 11.3. The van der Waals surface area contributed by atoms with Crippen LogP contribution in [0.1, 0.15) is 11.1 Å². The van der Waals surface area contributed by atoms with E-state index in [2.05, 4.69) is 0 Å². The van der Waals surface area contributed by atoms with Crippen LogP contribution in [-0.4, -0.2) is 8.42 Å². The number of hydrogen-bond acceptors (Lipinski definition) is 2. The molecule has 0 aromatic heterocycles. The molecule has 1 aromatic rings. The lowest BCUT2D eigenvalue weighted by molar-refractivity contribution is 0.597. The molecular weight excluding hydrogens is 210 g/mol. The van der Waals surface area contributed by atoms with Gasteiger partial charge < -0.3 is 0 Å². The maximum absolute atomic E-state index is 11.3. The number of allylic oxidation sites excluding steroid dienone is 3. The summed E-state index contributed by atoms with van der Waals surface area (Å²) in [5.74, 6) is 0. The van der Waals surface area contributed by atoms with Gasteiger partial charge >= 0.3 is 0 Å². The zero-order chi connectivity index (χ0) is 10.9. The third kappa shape index (κ3) is 2.00. The lowest BCUT2D eigenvalue weighted by Gasteiger charge is -2.07. The van der Waals surface area contributed by atoms with E-state index in [9.17, 15) is 8.42 Å². The molecule has 0 heterocycles. The Hall–Kier alpha value is -1.39. The quantitative estimate of drug-likeness (QED) is 0.780. The molecule has 0 amide bonds. The van der Waals surface area contributed by atoms with Gasteiger partial charge in [-0.05, 0) is 23.6 Å². The Morgan fingerprint density at radius 3 is 2.73 bits per heavy atom. The molecule has 0 bridgehead atoms. The Morgan fingerprint density at radius 2 is 2.00 bits per heavy atom. The van der Waals surface area contributed by atoms with E-state index in [0.717, 1.165) is 12.0 Å². The third-order valence-corrected chi connectivity index (χ3v) is 3.28. The molecule has 0 saturated carbocycles. The highest BCUT2D eigenvalue weighted by molar-refractivity contribution is 7.89. The van der Waals surface area contributed by atoms with Gasteiger partial charge in [-0.3, -0.25) is 0 Å². The minimum Gasteiger partial charge on any atom is -0.225 e. The summed E-state index contributed by atoms with van der Waals surface area (Å²) in [5.41, 5.74) is 1.68. The normalized spacial score (nSPS) is 14.7. The third-order valence-electron chi connectivity index (χ3n) is 2.31. The molecule has 1 aromatic carbocycles. The maximum Gasteiger partial charge on any atom is 0.238 e. The van der Waals surface area contributed by atoms with Crippen molar-refractivity contribution in [1.82, 2.24) is 0 Å². The predicted octanol–water partition coefficient (Wildman–Crippen LogP) is 1.46. The molecule has 0 unspecified atom stereocenters. The van der Waals surface area contributed by atoms with Gasteiger partial charge in [0.05, 0.1) is 4.90 Å². The van der Waals surface area contributed by atoms with Gasteiger partial charge in [-0.2, -0.15) is 0 Å². The zero-order valence-electron chi connectivity index (χ0n) is 8.05. The molecule has 0 radical (unpaired) electrons. The minimum atomic E-state index is -3.64. The number of benzene rings is 1. The first-order valence-electron chi connectivity index (χ1n) is 4.57. The molecule has 4 heteroatoms. The predicted molar refractivity (Wildman–Crippen MR) is 59.7 cm³/mol. The second-order valence-electron chi connectivity index (χ2n) is 3.37. The average Bonchev–Trinajstić information content (AvgIpc) is 2.39. The Labute approximate surface area is 89.0 Å². The fraction of sp³-hybridized carbons (Fsp3) is 0.0909. The summed E-state index contributed by atoms with van der Waals surface area (Å²) in [6.07, 6.45) is 8.20. The van der Waals surface area contributed by atoms with Crippen molar-refractivity contribution in [2.45, 2.75) is 11.3 Å². The monoisotopic (exact) mass is 221 g/mol. The first-order chi connectivity index (χ1) is 7.09. The van der Waals surface area contributed by atoms with E-state index in [1.54, 1.807) is 12.1 Å². The van der Waals surface area contributed by atoms with Gasteiger partial charge in [0, 0.05) is 0 Å². The molecule has 0 saturated heterocycles. The molecule has 1 aliphatic carbocycles. The minimum absolute atomic E-state index is 0.194. The number of rotatable bonds is 1. The van der Waals surface area contributed by atoms with E-state index in [1.807, 2.05) is 24.3 Å². The van der Waals surface area contributed by atoms with Gasteiger partial charge in [0.2, 0.25) is 10.0 Å². The van der Waals surface area contributed by atoms with Gasteiger partial charge in [0.1, 0.15) is 0 Å². The number of primary sulfonamides is 1. The fourth-order valence-electron chi connectivity index (χ4n) is 1.63. The molecule has 78 valence electrons. The summed E-state index contributed by atoms with van der Waals surface area (Å²) >= 11 is 0. The average molecular weight is 221 g/mol. The first-order valence-corrected chi connectivity index (χ1v) is 6.11. The second kappa shape index (κ2) is 3.64. The molecule has 1 aliphatic rings. The molecule has 2 N–H and O–H groups in total. The largest absolute Gasteiger partial charge is 0.238 e. The Balaban J connectivity index is 2.71. The highest BCUT2D eigenvalue weighted by Gasteiger charge is 2.14. The van der Waals surface area contributed by atoms with Crippen LogP contribution in [0.5, 0.6) is 0 Å². The van der Waals surface area contributed by atoms with E-state index in [4.69, 9.17) is 5.14 Å². The van der Waals surface area contributed by atoms with Gasteiger partial charge in [-0.1, -0.05) is 36.4 Å². The number of hydrogen-bond donors (Lipinski definition) is 1. The van der Waals surface area contributed by atoms with E-state index in [-0.39, 0.29) is 4.90 Å². The van der Waals surface area contributed by atoms with Crippen LogP contribution in [-0.2, 0) is 16.4 Å². The van der Waals surface area contributed by atoms with Crippen LogP contribution < -0.4 is 5.14 Å². The topological polar surface area (TPSA) is 60.2 Å². The summed E-state index contributed by atoms with van der Waals surface area (Å²) in [7, 11) is -3.64. The van der Waals surface area contributed by atoms with Crippen molar-refractivity contribution in [3.05, 3.63) is 47.6 Å². The fourth-order valence-corrected chi connectivity index (χ4v) is 2.40. The van der Waals surface area contributed by atoms with E-state index >= 15 is 0 Å². The number of sulfonamides is 1. The van der Waals surface area contributed by atoms with Crippen LogP contribution in [0, 0.1) is 0 Å². The summed E-state index contributed by atoms with van der Waals surface area (Å²) in [6.45, 7) is 0. The molecular formula is C11H11NO2S. The van der Waals surface area contributed by atoms with Gasteiger partial charge in [0.15, 0.2) is 0 Å². The molecule has 2 rings (SSSR count). The Kier molecular flexibility index (Phi) is 2.46. The summed E-state index contributed by atoms with van der Waals surface area (Å²) < 4.78 is 22.7. The summed E-state index contributed by atoms with van der Waals surface area (Å²) in [5, 5.41) is 5.15. The zero-order valence-corrected chi connectivity index (χ0v) is 8.87. The highest BCUT2D eigenvalue weighted by atomic mass is 32.2. The van der Waals surface area contributed by atoms with Crippen LogP contribution in [0.4, 0.5) is 0 Å². The molecule has 0 fully saturated rings. The van der Waals surface area contributed by atoms with Crippen molar-refractivity contribution < 1.29 is 8.42 Å². The van der Waals surface area contributed by atoms with Crippen molar-refractivity contribution in [3.8, 4) is 0 Å². The van der Waals surface area contributed by atoms with Crippen molar-refractivity contribution in [2.24, 2.45) is 5.14 Å². The Morgan fingerprint density at radius 1 is 1.20 bits per heavy atom. The van der Waals surface area contributed by atoms with Crippen LogP contribution >= 0.6 is 0 Å². The van der Waals surface area contributed by atoms with E-state index in [0.29, 0.717) is 5.56 Å².